The molecule has 2 rings (SSSR count). The maximum absolute atomic E-state index is 12.0. The average Bonchev–Trinajstić information content (AvgIpc) is 2.56. The van der Waals surface area contributed by atoms with Gasteiger partial charge >= 0.3 is 6.03 Å². The van der Waals surface area contributed by atoms with Crippen molar-refractivity contribution in [2.45, 2.75) is 25.6 Å². The maximum Gasteiger partial charge on any atom is 0.322 e. The molecule has 0 bridgehead atoms. The first-order chi connectivity index (χ1) is 7.97. The third-order valence-corrected chi connectivity index (χ3v) is 3.34. The van der Waals surface area contributed by atoms with E-state index in [-0.39, 0.29) is 12.1 Å². The number of carbonyl (C=O) groups is 1. The van der Waals surface area contributed by atoms with Crippen LogP contribution in [-0.4, -0.2) is 40.6 Å². The monoisotopic (exact) mass is 234 g/mol. The van der Waals surface area contributed by atoms with E-state index >= 15 is 0 Å². The van der Waals surface area contributed by atoms with Crippen LogP contribution < -0.4 is 0 Å². The number of aliphatic hydroxyl groups is 1. The first-order valence-electron chi connectivity index (χ1n) is 5.79. The number of nitrogens with zero attached hydrogens (tertiary/aromatic N) is 2. The minimum absolute atomic E-state index is 0.0858. The van der Waals surface area contributed by atoms with Gasteiger partial charge < -0.3 is 10.0 Å². The molecule has 1 heterocycles. The third-order valence-electron chi connectivity index (χ3n) is 3.34. The highest BCUT2D eigenvalue weighted by atomic mass is 16.3. The van der Waals surface area contributed by atoms with Gasteiger partial charge in [0.2, 0.25) is 0 Å². The van der Waals surface area contributed by atoms with E-state index in [0.29, 0.717) is 6.54 Å². The topological polar surface area (TPSA) is 43.8 Å². The second kappa shape index (κ2) is 4.04. The minimum Gasteiger partial charge on any atom is -0.365 e. The lowest BCUT2D eigenvalue weighted by molar-refractivity contribution is -0.0520. The normalized spacial score (nSPS) is 24.9. The molecule has 1 fully saturated rings. The van der Waals surface area contributed by atoms with Crippen LogP contribution in [0.15, 0.2) is 30.3 Å². The Labute approximate surface area is 101 Å². The van der Waals surface area contributed by atoms with E-state index in [1.54, 1.807) is 11.9 Å². The van der Waals surface area contributed by atoms with Crippen molar-refractivity contribution < 1.29 is 9.90 Å². The van der Waals surface area contributed by atoms with E-state index in [0.717, 1.165) is 5.56 Å². The number of hydrogen-bond donors (Lipinski definition) is 1. The van der Waals surface area contributed by atoms with Gasteiger partial charge in [-0.3, -0.25) is 4.90 Å². The predicted molar refractivity (Wildman–Crippen MR) is 65.3 cm³/mol. The van der Waals surface area contributed by atoms with E-state index in [9.17, 15) is 9.90 Å². The quantitative estimate of drug-likeness (QED) is 0.844. The lowest BCUT2D eigenvalue weighted by Gasteiger charge is -2.29. The predicted octanol–water partition coefficient (Wildman–Crippen LogP) is 1.61. The van der Waals surface area contributed by atoms with Crippen LogP contribution in [0.25, 0.3) is 0 Å². The number of carbonyl (C=O) groups excluding carboxylic acids is 1. The fraction of sp³-hybridized carbons (Fsp3) is 0.462. The Morgan fingerprint density at radius 3 is 2.35 bits per heavy atom. The second-order valence-electron chi connectivity index (χ2n) is 4.75. The minimum atomic E-state index is -1.22. The summed E-state index contributed by atoms with van der Waals surface area (Å²) < 4.78 is 0. The molecule has 0 saturated carbocycles. The zero-order valence-electron chi connectivity index (χ0n) is 10.4. The smallest absolute Gasteiger partial charge is 0.322 e. The van der Waals surface area contributed by atoms with Gasteiger partial charge in [-0.15, -0.1) is 0 Å². The van der Waals surface area contributed by atoms with Gasteiger partial charge in [0.05, 0.1) is 6.54 Å². The van der Waals surface area contributed by atoms with Gasteiger partial charge in [0.15, 0.2) is 5.72 Å². The van der Waals surface area contributed by atoms with E-state index < -0.39 is 5.72 Å². The van der Waals surface area contributed by atoms with Crippen LogP contribution in [0.2, 0.25) is 0 Å². The summed E-state index contributed by atoms with van der Waals surface area (Å²) in [7, 11) is 1.64. The second-order valence-corrected chi connectivity index (χ2v) is 4.75. The lowest BCUT2D eigenvalue weighted by Crippen LogP contribution is -2.41. The maximum atomic E-state index is 12.0. The summed E-state index contributed by atoms with van der Waals surface area (Å²) in [4.78, 5) is 15.1. The zero-order valence-corrected chi connectivity index (χ0v) is 10.4. The molecule has 1 saturated heterocycles. The molecule has 1 aromatic rings. The fourth-order valence-corrected chi connectivity index (χ4v) is 2.16. The van der Waals surface area contributed by atoms with Crippen molar-refractivity contribution in [3.8, 4) is 0 Å². The number of likely N-dealkylation sites (N-methyl/N-ethyl adjacent to an activating group) is 1. The standard InChI is InChI=1S/C13H18N2O2/c1-10(2)15-9-13(17,14(3)12(15)16)11-7-5-4-6-8-11/h4-8,10,17H,9H2,1-3H3. The van der Waals surface area contributed by atoms with E-state index in [1.807, 2.05) is 44.2 Å². The Hall–Kier alpha value is -1.55. The summed E-state index contributed by atoms with van der Waals surface area (Å²) in [5, 5.41) is 10.7. The van der Waals surface area contributed by atoms with Crippen molar-refractivity contribution in [1.29, 1.82) is 0 Å². The summed E-state index contributed by atoms with van der Waals surface area (Å²) in [5.74, 6) is 0. The number of benzene rings is 1. The van der Waals surface area contributed by atoms with E-state index in [4.69, 9.17) is 0 Å². The Kier molecular flexibility index (Phi) is 2.83. The molecule has 92 valence electrons. The van der Waals surface area contributed by atoms with Crippen LogP contribution in [0.4, 0.5) is 4.79 Å². The molecule has 1 aromatic carbocycles. The molecule has 1 atom stereocenters. The lowest BCUT2D eigenvalue weighted by atomic mass is 10.0. The molecule has 0 radical (unpaired) electrons. The number of amides is 2. The van der Waals surface area contributed by atoms with Gasteiger partial charge in [-0.2, -0.15) is 0 Å². The first-order valence-corrected chi connectivity index (χ1v) is 5.79. The van der Waals surface area contributed by atoms with Crippen LogP contribution >= 0.6 is 0 Å². The highest BCUT2D eigenvalue weighted by Crippen LogP contribution is 2.33. The van der Waals surface area contributed by atoms with Crippen molar-refractivity contribution in [1.82, 2.24) is 9.80 Å². The van der Waals surface area contributed by atoms with E-state index in [1.165, 1.54) is 4.90 Å². The van der Waals surface area contributed by atoms with Crippen molar-refractivity contribution in [2.75, 3.05) is 13.6 Å². The summed E-state index contributed by atoms with van der Waals surface area (Å²) in [6.07, 6.45) is 0. The first kappa shape index (κ1) is 11.9. The zero-order chi connectivity index (χ0) is 12.6. The van der Waals surface area contributed by atoms with Crippen LogP contribution in [-0.2, 0) is 5.72 Å². The van der Waals surface area contributed by atoms with Gasteiger partial charge in [-0.25, -0.2) is 4.79 Å². The molecule has 1 aliphatic rings. The van der Waals surface area contributed by atoms with Gasteiger partial charge in [0, 0.05) is 18.7 Å². The molecule has 0 aliphatic carbocycles. The molecule has 0 spiro atoms. The van der Waals surface area contributed by atoms with Crippen molar-refractivity contribution in [3.05, 3.63) is 35.9 Å². The number of β-amino-alcohol motifs (C(OH)–C–C–N with tert-alkyl or cyclic N) is 1. The van der Waals surface area contributed by atoms with Crippen LogP contribution in [0, 0.1) is 0 Å². The molecule has 1 unspecified atom stereocenters. The summed E-state index contributed by atoms with van der Waals surface area (Å²) in [6, 6.07) is 9.26. The van der Waals surface area contributed by atoms with Crippen LogP contribution in [0.3, 0.4) is 0 Å². The molecule has 1 aliphatic heterocycles. The van der Waals surface area contributed by atoms with Crippen LogP contribution in [0.1, 0.15) is 19.4 Å². The average molecular weight is 234 g/mol. The van der Waals surface area contributed by atoms with Crippen molar-refractivity contribution >= 4 is 6.03 Å². The number of rotatable bonds is 2. The molecule has 2 amide bonds. The Balaban J connectivity index is 2.37. The van der Waals surface area contributed by atoms with Gasteiger partial charge in [0.25, 0.3) is 0 Å². The summed E-state index contributed by atoms with van der Waals surface area (Å²) in [5.41, 5.74) is -0.471. The SMILES string of the molecule is CC(C)N1CC(O)(c2ccccc2)N(C)C1=O. The Bertz CT molecular complexity index is 419. The molecule has 1 N–H and O–H groups in total. The molecule has 0 aromatic heterocycles. The van der Waals surface area contributed by atoms with Crippen molar-refractivity contribution in [3.63, 3.8) is 0 Å². The Morgan fingerprint density at radius 1 is 1.29 bits per heavy atom. The molecule has 4 nitrogen and oxygen atoms in total. The third kappa shape index (κ3) is 1.78. The molecular formula is C13H18N2O2. The largest absolute Gasteiger partial charge is 0.365 e. The number of hydrogen-bond acceptors (Lipinski definition) is 2. The molecule has 17 heavy (non-hydrogen) atoms. The van der Waals surface area contributed by atoms with E-state index in [2.05, 4.69) is 0 Å². The van der Waals surface area contributed by atoms with Gasteiger partial charge in [0.1, 0.15) is 0 Å². The highest BCUT2D eigenvalue weighted by molar-refractivity contribution is 5.78. The fourth-order valence-electron chi connectivity index (χ4n) is 2.16. The highest BCUT2D eigenvalue weighted by Gasteiger charge is 2.48. The summed E-state index contributed by atoms with van der Waals surface area (Å²) >= 11 is 0. The van der Waals surface area contributed by atoms with Gasteiger partial charge in [-0.05, 0) is 13.8 Å². The molecule has 4 heteroatoms. The molecular weight excluding hydrogens is 216 g/mol. The van der Waals surface area contributed by atoms with Crippen molar-refractivity contribution in [2.24, 2.45) is 0 Å². The van der Waals surface area contributed by atoms with Crippen LogP contribution in [0.5, 0.6) is 0 Å². The Morgan fingerprint density at radius 2 is 1.88 bits per heavy atom. The number of urea groups is 1. The summed E-state index contributed by atoms with van der Waals surface area (Å²) in [6.45, 7) is 4.20. The van der Waals surface area contributed by atoms with Gasteiger partial charge in [-0.1, -0.05) is 30.3 Å².